The van der Waals surface area contributed by atoms with E-state index in [1.807, 2.05) is 12.1 Å². The highest BCUT2D eigenvalue weighted by molar-refractivity contribution is 5.92. The number of nitrogens with one attached hydrogen (secondary N) is 1. The van der Waals surface area contributed by atoms with E-state index in [4.69, 9.17) is 5.73 Å². The predicted molar refractivity (Wildman–Crippen MR) is 80.7 cm³/mol. The van der Waals surface area contributed by atoms with E-state index in [1.54, 1.807) is 31.1 Å². The Labute approximate surface area is 124 Å². The molecule has 0 spiro atoms. The normalized spacial score (nSPS) is 19.2. The molecule has 1 atom stereocenters. The smallest absolute Gasteiger partial charge is 0.248 e. The van der Waals surface area contributed by atoms with Crippen molar-refractivity contribution in [3.05, 3.63) is 35.4 Å². The minimum absolute atomic E-state index is 0.107. The molecular weight excluding hydrogens is 268 g/mol. The lowest BCUT2D eigenvalue weighted by Gasteiger charge is -2.36. The summed E-state index contributed by atoms with van der Waals surface area (Å²) in [7, 11) is 3.55. The van der Waals surface area contributed by atoms with E-state index in [2.05, 4.69) is 10.2 Å². The van der Waals surface area contributed by atoms with Gasteiger partial charge in [0.15, 0.2) is 0 Å². The largest absolute Gasteiger partial charge is 0.366 e. The number of hydrogen-bond acceptors (Lipinski definition) is 4. The van der Waals surface area contributed by atoms with Crippen molar-refractivity contribution in [3.63, 3.8) is 0 Å². The van der Waals surface area contributed by atoms with Crippen molar-refractivity contribution in [1.82, 2.24) is 15.1 Å². The topological polar surface area (TPSA) is 78.7 Å². The Bertz CT molecular complexity index is 513. The van der Waals surface area contributed by atoms with Gasteiger partial charge in [-0.15, -0.1) is 0 Å². The monoisotopic (exact) mass is 290 g/mol. The lowest BCUT2D eigenvalue weighted by atomic mass is 10.1. The zero-order chi connectivity index (χ0) is 15.4. The van der Waals surface area contributed by atoms with Crippen LogP contribution in [0.4, 0.5) is 0 Å². The molecular formula is C15H22N4O2. The molecule has 1 heterocycles. The molecule has 2 rings (SSSR count). The summed E-state index contributed by atoms with van der Waals surface area (Å²) in [5, 5.41) is 3.26. The van der Waals surface area contributed by atoms with E-state index in [1.165, 1.54) is 0 Å². The predicted octanol–water partition coefficient (Wildman–Crippen LogP) is -0.352. The van der Waals surface area contributed by atoms with Gasteiger partial charge >= 0.3 is 0 Å². The summed E-state index contributed by atoms with van der Waals surface area (Å²) in [5.74, 6) is -0.319. The average Bonchev–Trinajstić information content (AvgIpc) is 2.47. The molecule has 0 aromatic heterocycles. The molecule has 0 saturated carbocycles. The molecule has 1 aromatic carbocycles. The van der Waals surface area contributed by atoms with Crippen molar-refractivity contribution in [3.8, 4) is 0 Å². The Morgan fingerprint density at radius 1 is 1.33 bits per heavy atom. The number of hydrogen-bond donors (Lipinski definition) is 2. The van der Waals surface area contributed by atoms with Gasteiger partial charge in [0.05, 0.1) is 0 Å². The highest BCUT2D eigenvalue weighted by Gasteiger charge is 2.29. The molecule has 6 heteroatoms. The summed E-state index contributed by atoms with van der Waals surface area (Å²) in [4.78, 5) is 27.1. The minimum Gasteiger partial charge on any atom is -0.366 e. The van der Waals surface area contributed by atoms with Crippen molar-refractivity contribution in [2.75, 3.05) is 33.7 Å². The van der Waals surface area contributed by atoms with Gasteiger partial charge in [-0.3, -0.25) is 14.5 Å². The zero-order valence-corrected chi connectivity index (χ0v) is 12.5. The van der Waals surface area contributed by atoms with Gasteiger partial charge in [0.1, 0.15) is 6.04 Å². The van der Waals surface area contributed by atoms with Crippen LogP contribution in [0.25, 0.3) is 0 Å². The maximum Gasteiger partial charge on any atom is 0.248 e. The summed E-state index contributed by atoms with van der Waals surface area (Å²) < 4.78 is 0. The van der Waals surface area contributed by atoms with Gasteiger partial charge in [-0.25, -0.2) is 0 Å². The number of amides is 2. The standard InChI is InChI=1S/C15H22N4O2/c1-18(2)15(21)13-9-17-7-8-19(13)10-11-3-5-12(6-4-11)14(16)20/h3-6,13,17H,7-10H2,1-2H3,(H2,16,20). The molecule has 2 amide bonds. The van der Waals surface area contributed by atoms with Gasteiger partial charge in [0.2, 0.25) is 11.8 Å². The summed E-state index contributed by atoms with van der Waals surface area (Å²) in [5.41, 5.74) is 6.80. The highest BCUT2D eigenvalue weighted by Crippen LogP contribution is 2.13. The maximum atomic E-state index is 12.2. The Kier molecular flexibility index (Phi) is 4.93. The molecule has 1 unspecified atom stereocenters. The lowest BCUT2D eigenvalue weighted by molar-refractivity contribution is -0.135. The van der Waals surface area contributed by atoms with Gasteiger partial charge in [-0.05, 0) is 17.7 Å². The number of benzene rings is 1. The number of likely N-dealkylation sites (N-methyl/N-ethyl adjacent to an activating group) is 1. The van der Waals surface area contributed by atoms with Crippen molar-refractivity contribution >= 4 is 11.8 Å². The van der Waals surface area contributed by atoms with Gasteiger partial charge in [0.25, 0.3) is 0 Å². The van der Waals surface area contributed by atoms with Crippen LogP contribution < -0.4 is 11.1 Å². The summed E-state index contributed by atoms with van der Waals surface area (Å²) in [6.45, 7) is 3.04. The fraction of sp³-hybridized carbons (Fsp3) is 0.467. The molecule has 1 aliphatic heterocycles. The molecule has 1 aromatic rings. The van der Waals surface area contributed by atoms with E-state index < -0.39 is 5.91 Å². The van der Waals surface area contributed by atoms with Gasteiger partial charge in [-0.2, -0.15) is 0 Å². The number of nitrogens with zero attached hydrogens (tertiary/aromatic N) is 2. The number of piperazine rings is 1. The van der Waals surface area contributed by atoms with Crippen LogP contribution in [0.15, 0.2) is 24.3 Å². The van der Waals surface area contributed by atoms with Crippen LogP contribution >= 0.6 is 0 Å². The van der Waals surface area contributed by atoms with E-state index in [0.29, 0.717) is 18.7 Å². The minimum atomic E-state index is -0.426. The fourth-order valence-electron chi connectivity index (χ4n) is 2.49. The molecule has 0 radical (unpaired) electrons. The molecule has 3 N–H and O–H groups in total. The van der Waals surface area contributed by atoms with Crippen LogP contribution in [-0.4, -0.2) is 61.4 Å². The van der Waals surface area contributed by atoms with Crippen LogP contribution in [0.1, 0.15) is 15.9 Å². The quantitative estimate of drug-likeness (QED) is 0.794. The molecule has 0 bridgehead atoms. The van der Waals surface area contributed by atoms with Crippen molar-refractivity contribution in [1.29, 1.82) is 0 Å². The Hall–Kier alpha value is -1.92. The van der Waals surface area contributed by atoms with Crippen LogP contribution in [-0.2, 0) is 11.3 Å². The maximum absolute atomic E-state index is 12.2. The van der Waals surface area contributed by atoms with Crippen LogP contribution in [0, 0.1) is 0 Å². The molecule has 1 aliphatic rings. The second-order valence-electron chi connectivity index (χ2n) is 5.48. The first kappa shape index (κ1) is 15.5. The van der Waals surface area contributed by atoms with Gasteiger partial charge in [-0.1, -0.05) is 12.1 Å². The van der Waals surface area contributed by atoms with Gasteiger partial charge < -0.3 is 16.0 Å². The zero-order valence-electron chi connectivity index (χ0n) is 12.5. The molecule has 21 heavy (non-hydrogen) atoms. The van der Waals surface area contributed by atoms with E-state index in [9.17, 15) is 9.59 Å². The molecule has 0 aliphatic carbocycles. The fourth-order valence-corrected chi connectivity index (χ4v) is 2.49. The summed E-state index contributed by atoms with van der Waals surface area (Å²) in [6.07, 6.45) is 0. The van der Waals surface area contributed by atoms with E-state index >= 15 is 0 Å². The number of rotatable bonds is 4. The summed E-state index contributed by atoms with van der Waals surface area (Å²) >= 11 is 0. The SMILES string of the molecule is CN(C)C(=O)C1CNCCN1Cc1ccc(C(N)=O)cc1. The van der Waals surface area contributed by atoms with Crippen molar-refractivity contribution < 1.29 is 9.59 Å². The highest BCUT2D eigenvalue weighted by atomic mass is 16.2. The number of primary amides is 1. The molecule has 1 fully saturated rings. The first-order valence-corrected chi connectivity index (χ1v) is 7.03. The van der Waals surface area contributed by atoms with Gasteiger partial charge in [0, 0.05) is 45.8 Å². The third-order valence-corrected chi connectivity index (χ3v) is 3.70. The average molecular weight is 290 g/mol. The number of nitrogens with two attached hydrogens (primary N) is 1. The number of carbonyl (C=O) groups excluding carboxylic acids is 2. The lowest BCUT2D eigenvalue weighted by Crippen LogP contribution is -2.57. The molecule has 1 saturated heterocycles. The van der Waals surface area contributed by atoms with Crippen LogP contribution in [0.2, 0.25) is 0 Å². The molecule has 114 valence electrons. The second-order valence-corrected chi connectivity index (χ2v) is 5.48. The Morgan fingerprint density at radius 2 is 2.00 bits per heavy atom. The van der Waals surface area contributed by atoms with Crippen LogP contribution in [0.3, 0.4) is 0 Å². The van der Waals surface area contributed by atoms with Crippen molar-refractivity contribution in [2.24, 2.45) is 5.73 Å². The number of carbonyl (C=O) groups is 2. The van der Waals surface area contributed by atoms with Crippen LogP contribution in [0.5, 0.6) is 0 Å². The third kappa shape index (κ3) is 3.80. The van der Waals surface area contributed by atoms with E-state index in [-0.39, 0.29) is 11.9 Å². The second kappa shape index (κ2) is 6.69. The first-order chi connectivity index (χ1) is 9.99. The third-order valence-electron chi connectivity index (χ3n) is 3.70. The molecule has 6 nitrogen and oxygen atoms in total. The summed E-state index contributed by atoms with van der Waals surface area (Å²) in [6, 6.07) is 7.08. The first-order valence-electron chi connectivity index (χ1n) is 7.03. The Morgan fingerprint density at radius 3 is 2.57 bits per heavy atom. The van der Waals surface area contributed by atoms with Crippen molar-refractivity contribution in [2.45, 2.75) is 12.6 Å². The van der Waals surface area contributed by atoms with E-state index in [0.717, 1.165) is 18.7 Å². The Balaban J connectivity index is 2.08.